The fourth-order valence-corrected chi connectivity index (χ4v) is 2.89. The highest BCUT2D eigenvalue weighted by Crippen LogP contribution is 2.33. The van der Waals surface area contributed by atoms with Crippen molar-refractivity contribution >= 4 is 5.97 Å². The summed E-state index contributed by atoms with van der Waals surface area (Å²) in [6.45, 7) is 0. The van der Waals surface area contributed by atoms with Crippen molar-refractivity contribution in [2.45, 2.75) is 38.0 Å². The molecule has 0 spiro atoms. The summed E-state index contributed by atoms with van der Waals surface area (Å²) in [6.07, 6.45) is 9.69. The van der Waals surface area contributed by atoms with E-state index < -0.39 is 0 Å². The summed E-state index contributed by atoms with van der Waals surface area (Å²) in [5.74, 6) is 0.888. The minimum Gasteiger partial charge on any atom is -0.423 e. The van der Waals surface area contributed by atoms with Gasteiger partial charge in [-0.2, -0.15) is 0 Å². The summed E-state index contributed by atoms with van der Waals surface area (Å²) < 4.78 is 5.36. The third kappa shape index (κ3) is 3.48. The number of benzene rings is 1. The molecule has 3 heteroatoms. The molecule has 1 fully saturated rings. The zero-order valence-corrected chi connectivity index (χ0v) is 12.0. The summed E-state index contributed by atoms with van der Waals surface area (Å²) >= 11 is 0. The molecule has 1 aromatic heterocycles. The normalized spacial score (nSPS) is 15.6. The van der Waals surface area contributed by atoms with Crippen LogP contribution in [0.5, 0.6) is 5.75 Å². The van der Waals surface area contributed by atoms with E-state index in [0.29, 0.717) is 17.2 Å². The van der Waals surface area contributed by atoms with Gasteiger partial charge in [0.25, 0.3) is 0 Å². The van der Waals surface area contributed by atoms with Crippen LogP contribution in [0.15, 0.2) is 48.8 Å². The minimum atomic E-state index is -0.367. The lowest BCUT2D eigenvalue weighted by atomic mass is 9.84. The third-order valence-electron chi connectivity index (χ3n) is 4.06. The van der Waals surface area contributed by atoms with Crippen LogP contribution in [0.2, 0.25) is 0 Å². The monoisotopic (exact) mass is 281 g/mol. The number of ether oxygens (including phenoxy) is 1. The van der Waals surface area contributed by atoms with E-state index in [1.54, 1.807) is 18.3 Å². The Bertz CT molecular complexity index is 586. The van der Waals surface area contributed by atoms with Crippen LogP contribution >= 0.6 is 0 Å². The average Bonchev–Trinajstić information content (AvgIpc) is 2.57. The molecule has 1 aliphatic carbocycles. The SMILES string of the molecule is O=C(Oc1ccc(C2CCCCC2)cc1)c1cccnc1. The number of hydrogen-bond acceptors (Lipinski definition) is 3. The van der Waals surface area contributed by atoms with Gasteiger partial charge < -0.3 is 4.74 Å². The number of aromatic nitrogens is 1. The average molecular weight is 281 g/mol. The quantitative estimate of drug-likeness (QED) is 0.620. The molecule has 21 heavy (non-hydrogen) atoms. The molecule has 2 aromatic rings. The Balaban J connectivity index is 1.65. The second-order valence-electron chi connectivity index (χ2n) is 5.54. The molecule has 3 rings (SSSR count). The highest BCUT2D eigenvalue weighted by atomic mass is 16.5. The van der Waals surface area contributed by atoms with E-state index in [1.807, 2.05) is 12.1 Å². The van der Waals surface area contributed by atoms with Crippen LogP contribution in [0.4, 0.5) is 0 Å². The molecule has 0 bridgehead atoms. The predicted octanol–water partition coefficient (Wildman–Crippen LogP) is 4.35. The Morgan fingerprint density at radius 3 is 2.48 bits per heavy atom. The van der Waals surface area contributed by atoms with Crippen LogP contribution in [0.25, 0.3) is 0 Å². The van der Waals surface area contributed by atoms with Crippen molar-refractivity contribution < 1.29 is 9.53 Å². The van der Waals surface area contributed by atoms with Gasteiger partial charge in [0, 0.05) is 12.4 Å². The lowest BCUT2D eigenvalue weighted by Gasteiger charge is -2.22. The molecule has 108 valence electrons. The standard InChI is InChI=1S/C18H19NO2/c20-18(16-7-4-12-19-13-16)21-17-10-8-15(9-11-17)14-5-2-1-3-6-14/h4,7-14H,1-3,5-6H2. The van der Waals surface area contributed by atoms with Crippen LogP contribution in [0.3, 0.4) is 0 Å². The van der Waals surface area contributed by atoms with Gasteiger partial charge in [-0.25, -0.2) is 4.79 Å². The molecule has 0 saturated heterocycles. The first-order chi connectivity index (χ1) is 10.3. The summed E-state index contributed by atoms with van der Waals surface area (Å²) in [4.78, 5) is 15.9. The molecule has 0 N–H and O–H groups in total. The van der Waals surface area contributed by atoms with Gasteiger partial charge in [-0.1, -0.05) is 31.4 Å². The molecule has 0 radical (unpaired) electrons. The Morgan fingerprint density at radius 2 is 1.81 bits per heavy atom. The van der Waals surface area contributed by atoms with Gasteiger partial charge >= 0.3 is 5.97 Å². The van der Waals surface area contributed by atoms with E-state index in [1.165, 1.54) is 43.9 Å². The van der Waals surface area contributed by atoms with E-state index in [-0.39, 0.29) is 5.97 Å². The summed E-state index contributed by atoms with van der Waals surface area (Å²) in [6, 6.07) is 11.4. The molecule has 3 nitrogen and oxygen atoms in total. The lowest BCUT2D eigenvalue weighted by molar-refractivity contribution is 0.0734. The molecular weight excluding hydrogens is 262 g/mol. The van der Waals surface area contributed by atoms with E-state index in [4.69, 9.17) is 4.74 Å². The van der Waals surface area contributed by atoms with E-state index >= 15 is 0 Å². The Kier molecular flexibility index (Phi) is 4.29. The second kappa shape index (κ2) is 6.53. The van der Waals surface area contributed by atoms with Crippen molar-refractivity contribution in [1.29, 1.82) is 0 Å². The molecule has 0 aliphatic heterocycles. The number of nitrogens with zero attached hydrogens (tertiary/aromatic N) is 1. The van der Waals surface area contributed by atoms with Gasteiger partial charge in [-0.3, -0.25) is 4.98 Å². The highest BCUT2D eigenvalue weighted by Gasteiger charge is 2.15. The van der Waals surface area contributed by atoms with Crippen molar-refractivity contribution in [2.75, 3.05) is 0 Å². The van der Waals surface area contributed by atoms with E-state index in [9.17, 15) is 4.79 Å². The molecule has 1 aliphatic rings. The smallest absolute Gasteiger partial charge is 0.345 e. The minimum absolute atomic E-state index is 0.367. The van der Waals surface area contributed by atoms with Crippen molar-refractivity contribution in [3.8, 4) is 5.75 Å². The highest BCUT2D eigenvalue weighted by molar-refractivity contribution is 5.90. The largest absolute Gasteiger partial charge is 0.423 e. The summed E-state index contributed by atoms with van der Waals surface area (Å²) in [5.41, 5.74) is 1.82. The van der Waals surface area contributed by atoms with Crippen LogP contribution in [-0.4, -0.2) is 11.0 Å². The number of pyridine rings is 1. The second-order valence-corrected chi connectivity index (χ2v) is 5.54. The zero-order chi connectivity index (χ0) is 14.5. The van der Waals surface area contributed by atoms with Gasteiger partial charge in [0.2, 0.25) is 0 Å². The van der Waals surface area contributed by atoms with Crippen molar-refractivity contribution in [2.24, 2.45) is 0 Å². The van der Waals surface area contributed by atoms with Gasteiger partial charge in [0.05, 0.1) is 5.56 Å². The Morgan fingerprint density at radius 1 is 1.05 bits per heavy atom. The fourth-order valence-electron chi connectivity index (χ4n) is 2.89. The molecule has 1 saturated carbocycles. The van der Waals surface area contributed by atoms with Crippen LogP contribution in [0.1, 0.15) is 53.9 Å². The van der Waals surface area contributed by atoms with E-state index in [0.717, 1.165) is 0 Å². The maximum absolute atomic E-state index is 11.9. The molecule has 0 unspecified atom stereocenters. The maximum atomic E-state index is 11.9. The fraction of sp³-hybridized carbons (Fsp3) is 0.333. The van der Waals surface area contributed by atoms with Crippen molar-refractivity contribution in [3.63, 3.8) is 0 Å². The summed E-state index contributed by atoms with van der Waals surface area (Å²) in [7, 11) is 0. The zero-order valence-electron chi connectivity index (χ0n) is 12.0. The maximum Gasteiger partial charge on any atom is 0.345 e. The first-order valence-corrected chi connectivity index (χ1v) is 7.55. The Hall–Kier alpha value is -2.16. The van der Waals surface area contributed by atoms with Crippen LogP contribution in [0, 0.1) is 0 Å². The van der Waals surface area contributed by atoms with Gasteiger partial charge in [-0.15, -0.1) is 0 Å². The molecule has 0 amide bonds. The Labute approximate surface area is 125 Å². The lowest BCUT2D eigenvalue weighted by Crippen LogP contribution is -2.09. The third-order valence-corrected chi connectivity index (χ3v) is 4.06. The molecule has 1 aromatic carbocycles. The predicted molar refractivity (Wildman–Crippen MR) is 81.5 cm³/mol. The van der Waals surface area contributed by atoms with Gasteiger partial charge in [0.15, 0.2) is 0 Å². The van der Waals surface area contributed by atoms with Gasteiger partial charge in [-0.05, 0) is 48.6 Å². The molecular formula is C18H19NO2. The van der Waals surface area contributed by atoms with Crippen molar-refractivity contribution in [1.82, 2.24) is 4.98 Å². The topological polar surface area (TPSA) is 39.2 Å². The number of carbonyl (C=O) groups is 1. The number of carbonyl (C=O) groups excluding carboxylic acids is 1. The molecule has 0 atom stereocenters. The van der Waals surface area contributed by atoms with Crippen LogP contribution in [-0.2, 0) is 0 Å². The van der Waals surface area contributed by atoms with Crippen molar-refractivity contribution in [3.05, 3.63) is 59.9 Å². The number of rotatable bonds is 3. The number of esters is 1. The number of hydrogen-bond donors (Lipinski definition) is 0. The first kappa shape index (κ1) is 13.8. The van der Waals surface area contributed by atoms with Gasteiger partial charge in [0.1, 0.15) is 5.75 Å². The summed E-state index contributed by atoms with van der Waals surface area (Å²) in [5, 5.41) is 0. The van der Waals surface area contributed by atoms with E-state index in [2.05, 4.69) is 17.1 Å². The van der Waals surface area contributed by atoms with Crippen LogP contribution < -0.4 is 4.74 Å². The molecule has 1 heterocycles. The first-order valence-electron chi connectivity index (χ1n) is 7.55.